The Morgan fingerprint density at radius 1 is 1.14 bits per heavy atom. The first-order chi connectivity index (χ1) is 10.1. The number of nitrogens with two attached hydrogens (primary N) is 1. The lowest BCUT2D eigenvalue weighted by molar-refractivity contribution is -0.116. The van der Waals surface area contributed by atoms with E-state index in [-0.39, 0.29) is 11.9 Å². The molecule has 3 rings (SSSR count). The average molecular weight is 280 g/mol. The van der Waals surface area contributed by atoms with Crippen molar-refractivity contribution in [2.75, 3.05) is 11.4 Å². The second-order valence-corrected chi connectivity index (χ2v) is 5.67. The molecule has 1 heterocycles. The number of amides is 1. The van der Waals surface area contributed by atoms with Crippen molar-refractivity contribution in [2.45, 2.75) is 26.3 Å². The third kappa shape index (κ3) is 2.57. The molecule has 2 aromatic carbocycles. The number of benzene rings is 2. The summed E-state index contributed by atoms with van der Waals surface area (Å²) in [6.07, 6.45) is 0.931. The van der Waals surface area contributed by atoms with Crippen LogP contribution in [-0.4, -0.2) is 12.5 Å². The van der Waals surface area contributed by atoms with Crippen LogP contribution in [0.2, 0.25) is 0 Å². The minimum absolute atomic E-state index is 0.0585. The van der Waals surface area contributed by atoms with Gasteiger partial charge in [0, 0.05) is 25.2 Å². The Labute approximate surface area is 125 Å². The number of nitrogens with zero attached hydrogens (tertiary/aromatic N) is 1. The number of anilines is 1. The van der Waals surface area contributed by atoms with E-state index < -0.39 is 0 Å². The molecule has 1 aliphatic rings. The summed E-state index contributed by atoms with van der Waals surface area (Å²) >= 11 is 0. The van der Waals surface area contributed by atoms with Gasteiger partial charge in [0.2, 0.25) is 5.91 Å². The van der Waals surface area contributed by atoms with E-state index in [0.717, 1.165) is 24.2 Å². The van der Waals surface area contributed by atoms with Crippen molar-refractivity contribution in [2.24, 2.45) is 5.73 Å². The molecule has 1 unspecified atom stereocenters. The minimum atomic E-state index is 0.0585. The summed E-state index contributed by atoms with van der Waals surface area (Å²) in [4.78, 5) is 13.4. The van der Waals surface area contributed by atoms with Crippen molar-refractivity contribution in [3.8, 4) is 11.1 Å². The summed E-state index contributed by atoms with van der Waals surface area (Å²) in [7, 11) is 0. The molecule has 21 heavy (non-hydrogen) atoms. The second-order valence-electron chi connectivity index (χ2n) is 5.67. The molecule has 1 aliphatic heterocycles. The highest BCUT2D eigenvalue weighted by Crippen LogP contribution is 2.32. The van der Waals surface area contributed by atoms with Crippen LogP contribution in [-0.2, 0) is 11.2 Å². The molecule has 0 fully saturated rings. The van der Waals surface area contributed by atoms with Crippen LogP contribution in [0, 0.1) is 0 Å². The van der Waals surface area contributed by atoms with Crippen molar-refractivity contribution in [3.05, 3.63) is 53.6 Å². The van der Waals surface area contributed by atoms with Gasteiger partial charge >= 0.3 is 0 Å². The Kier molecular flexibility index (Phi) is 3.52. The van der Waals surface area contributed by atoms with Gasteiger partial charge < -0.3 is 10.6 Å². The van der Waals surface area contributed by atoms with E-state index in [1.165, 1.54) is 16.7 Å². The largest absolute Gasteiger partial charge is 0.324 e. The molecular weight excluding hydrogens is 260 g/mol. The Bertz CT molecular complexity index is 674. The maximum Gasteiger partial charge on any atom is 0.223 e. The average Bonchev–Trinajstić information content (AvgIpc) is 2.90. The standard InChI is InChI=1S/C18H20N2O/c1-12(19)14-3-5-15(6-4-14)16-7-8-18-17(11-16)9-10-20(18)13(2)21/h3-8,11-12H,9-10,19H2,1-2H3. The Morgan fingerprint density at radius 3 is 2.43 bits per heavy atom. The summed E-state index contributed by atoms with van der Waals surface area (Å²) in [6, 6.07) is 14.8. The summed E-state index contributed by atoms with van der Waals surface area (Å²) in [5, 5.41) is 0. The maximum absolute atomic E-state index is 11.6. The van der Waals surface area contributed by atoms with Crippen LogP contribution in [0.5, 0.6) is 0 Å². The number of fused-ring (bicyclic) bond motifs is 1. The van der Waals surface area contributed by atoms with Crippen LogP contribution in [0.25, 0.3) is 11.1 Å². The van der Waals surface area contributed by atoms with Gasteiger partial charge in [-0.3, -0.25) is 4.79 Å². The fraction of sp³-hybridized carbons (Fsp3) is 0.278. The molecule has 0 aromatic heterocycles. The molecule has 0 spiro atoms. The molecule has 1 atom stereocenters. The zero-order chi connectivity index (χ0) is 15.0. The third-order valence-electron chi connectivity index (χ3n) is 4.12. The van der Waals surface area contributed by atoms with E-state index in [1.807, 2.05) is 11.8 Å². The van der Waals surface area contributed by atoms with E-state index in [1.54, 1.807) is 6.92 Å². The van der Waals surface area contributed by atoms with Gasteiger partial charge in [0.25, 0.3) is 0 Å². The van der Waals surface area contributed by atoms with Gasteiger partial charge in [-0.2, -0.15) is 0 Å². The Balaban J connectivity index is 1.93. The fourth-order valence-corrected chi connectivity index (χ4v) is 2.89. The number of carbonyl (C=O) groups is 1. The normalized spacial score (nSPS) is 14.9. The van der Waals surface area contributed by atoms with Gasteiger partial charge in [0.05, 0.1) is 0 Å². The highest BCUT2D eigenvalue weighted by molar-refractivity contribution is 5.94. The van der Waals surface area contributed by atoms with Crippen LogP contribution >= 0.6 is 0 Å². The molecule has 108 valence electrons. The van der Waals surface area contributed by atoms with Gasteiger partial charge in [0.1, 0.15) is 0 Å². The predicted molar refractivity (Wildman–Crippen MR) is 86.2 cm³/mol. The first kappa shape index (κ1) is 13.8. The SMILES string of the molecule is CC(=O)N1CCc2cc(-c3ccc(C(C)N)cc3)ccc21. The fourth-order valence-electron chi connectivity index (χ4n) is 2.89. The zero-order valence-electron chi connectivity index (χ0n) is 12.5. The molecule has 3 heteroatoms. The zero-order valence-corrected chi connectivity index (χ0v) is 12.5. The van der Waals surface area contributed by atoms with Crippen molar-refractivity contribution in [1.82, 2.24) is 0 Å². The number of rotatable bonds is 2. The van der Waals surface area contributed by atoms with Crippen molar-refractivity contribution < 1.29 is 4.79 Å². The molecule has 2 aromatic rings. The van der Waals surface area contributed by atoms with Crippen LogP contribution < -0.4 is 10.6 Å². The molecule has 0 radical (unpaired) electrons. The number of carbonyl (C=O) groups excluding carboxylic acids is 1. The summed E-state index contributed by atoms with van der Waals surface area (Å²) in [5.41, 5.74) is 11.7. The van der Waals surface area contributed by atoms with Gasteiger partial charge in [-0.05, 0) is 47.7 Å². The van der Waals surface area contributed by atoms with Crippen LogP contribution in [0.1, 0.15) is 31.0 Å². The third-order valence-corrected chi connectivity index (χ3v) is 4.12. The summed E-state index contributed by atoms with van der Waals surface area (Å²) in [5.74, 6) is 0.114. The number of hydrogen-bond acceptors (Lipinski definition) is 2. The topological polar surface area (TPSA) is 46.3 Å². The van der Waals surface area contributed by atoms with E-state index in [0.29, 0.717) is 0 Å². The highest BCUT2D eigenvalue weighted by Gasteiger charge is 2.22. The molecular formula is C18H20N2O. The lowest BCUT2D eigenvalue weighted by Crippen LogP contribution is -2.25. The van der Waals surface area contributed by atoms with E-state index in [4.69, 9.17) is 5.73 Å². The van der Waals surface area contributed by atoms with E-state index in [9.17, 15) is 4.79 Å². The Morgan fingerprint density at radius 2 is 1.81 bits per heavy atom. The molecule has 0 bridgehead atoms. The highest BCUT2D eigenvalue weighted by atomic mass is 16.2. The van der Waals surface area contributed by atoms with Gasteiger partial charge in [-0.15, -0.1) is 0 Å². The molecule has 0 aliphatic carbocycles. The summed E-state index contributed by atoms with van der Waals surface area (Å²) < 4.78 is 0. The second kappa shape index (κ2) is 5.34. The molecule has 0 saturated carbocycles. The molecule has 0 saturated heterocycles. The molecule has 2 N–H and O–H groups in total. The van der Waals surface area contributed by atoms with Gasteiger partial charge in [-0.25, -0.2) is 0 Å². The maximum atomic E-state index is 11.6. The first-order valence-corrected chi connectivity index (χ1v) is 7.33. The van der Waals surface area contributed by atoms with Crippen LogP contribution in [0.4, 0.5) is 5.69 Å². The summed E-state index contributed by atoms with van der Waals surface area (Å²) in [6.45, 7) is 4.40. The van der Waals surface area contributed by atoms with E-state index in [2.05, 4.69) is 42.5 Å². The van der Waals surface area contributed by atoms with Crippen LogP contribution in [0.3, 0.4) is 0 Å². The van der Waals surface area contributed by atoms with E-state index >= 15 is 0 Å². The molecule has 1 amide bonds. The van der Waals surface area contributed by atoms with Crippen molar-refractivity contribution in [3.63, 3.8) is 0 Å². The quantitative estimate of drug-likeness (QED) is 0.917. The van der Waals surface area contributed by atoms with Gasteiger partial charge in [-0.1, -0.05) is 30.3 Å². The Hall–Kier alpha value is -2.13. The van der Waals surface area contributed by atoms with Crippen molar-refractivity contribution in [1.29, 1.82) is 0 Å². The number of hydrogen-bond donors (Lipinski definition) is 1. The molecule has 3 nitrogen and oxygen atoms in total. The first-order valence-electron chi connectivity index (χ1n) is 7.33. The minimum Gasteiger partial charge on any atom is -0.324 e. The van der Waals surface area contributed by atoms with Gasteiger partial charge in [0.15, 0.2) is 0 Å². The smallest absolute Gasteiger partial charge is 0.223 e. The predicted octanol–water partition coefficient (Wildman–Crippen LogP) is 3.28. The monoisotopic (exact) mass is 280 g/mol. The lowest BCUT2D eigenvalue weighted by Gasteiger charge is -2.15. The van der Waals surface area contributed by atoms with Crippen molar-refractivity contribution >= 4 is 11.6 Å². The van der Waals surface area contributed by atoms with Crippen LogP contribution in [0.15, 0.2) is 42.5 Å². The lowest BCUT2D eigenvalue weighted by atomic mass is 9.99.